The third-order valence-electron chi connectivity index (χ3n) is 3.46. The molecule has 0 bridgehead atoms. The fourth-order valence-electron chi connectivity index (χ4n) is 2.54. The highest BCUT2D eigenvalue weighted by atomic mass is 15.3. The number of rotatable bonds is 6. The van der Waals surface area contributed by atoms with Crippen LogP contribution in [-0.2, 0) is 6.54 Å². The van der Waals surface area contributed by atoms with Gasteiger partial charge in [0.1, 0.15) is 0 Å². The van der Waals surface area contributed by atoms with E-state index in [4.69, 9.17) is 0 Å². The molecule has 1 aliphatic rings. The minimum atomic E-state index is 0.846. The Morgan fingerprint density at radius 1 is 1.47 bits per heavy atom. The van der Waals surface area contributed by atoms with Crippen molar-refractivity contribution in [1.82, 2.24) is 20.0 Å². The standard InChI is InChI=1S/C13H24N4/c1-16-8-2-5-13(12-16)11-14-6-3-9-17-10-4-7-15-17/h4,7,10,13-14H,2-3,5-6,8-9,11-12H2,1H3. The topological polar surface area (TPSA) is 33.1 Å². The maximum atomic E-state index is 4.20. The summed E-state index contributed by atoms with van der Waals surface area (Å²) in [5, 5.41) is 7.77. The number of hydrogen-bond donors (Lipinski definition) is 1. The fraction of sp³-hybridized carbons (Fsp3) is 0.769. The molecule has 96 valence electrons. The molecule has 1 aromatic heterocycles. The first kappa shape index (κ1) is 12.6. The van der Waals surface area contributed by atoms with E-state index in [0.717, 1.165) is 25.4 Å². The number of aryl methyl sites for hydroxylation is 1. The highest BCUT2D eigenvalue weighted by Crippen LogP contribution is 2.13. The SMILES string of the molecule is CN1CCCC(CNCCCn2cccn2)C1. The Balaban J connectivity index is 1.51. The van der Waals surface area contributed by atoms with Crippen LogP contribution in [0.5, 0.6) is 0 Å². The summed E-state index contributed by atoms with van der Waals surface area (Å²) in [7, 11) is 2.23. The lowest BCUT2D eigenvalue weighted by Gasteiger charge is -2.29. The third-order valence-corrected chi connectivity index (χ3v) is 3.46. The second kappa shape index (κ2) is 6.77. The van der Waals surface area contributed by atoms with Crippen molar-refractivity contribution < 1.29 is 0 Å². The predicted octanol–water partition coefficient (Wildman–Crippen LogP) is 1.20. The van der Waals surface area contributed by atoms with Gasteiger partial charge in [-0.3, -0.25) is 4.68 Å². The predicted molar refractivity (Wildman–Crippen MR) is 69.9 cm³/mol. The molecule has 0 spiro atoms. The first-order chi connectivity index (χ1) is 8.34. The van der Waals surface area contributed by atoms with E-state index in [0.29, 0.717) is 0 Å². The van der Waals surface area contributed by atoms with Crippen molar-refractivity contribution in [3.05, 3.63) is 18.5 Å². The lowest BCUT2D eigenvalue weighted by atomic mass is 9.98. The molecule has 0 aromatic carbocycles. The van der Waals surface area contributed by atoms with Crippen LogP contribution in [0.1, 0.15) is 19.3 Å². The molecular formula is C13H24N4. The van der Waals surface area contributed by atoms with Crippen LogP contribution in [0.25, 0.3) is 0 Å². The normalized spacial score (nSPS) is 21.8. The zero-order valence-corrected chi connectivity index (χ0v) is 10.8. The molecule has 1 fully saturated rings. The summed E-state index contributed by atoms with van der Waals surface area (Å²) < 4.78 is 2.00. The molecule has 17 heavy (non-hydrogen) atoms. The van der Waals surface area contributed by atoms with E-state index < -0.39 is 0 Å². The number of aromatic nitrogens is 2. The van der Waals surface area contributed by atoms with Crippen molar-refractivity contribution in [3.63, 3.8) is 0 Å². The third kappa shape index (κ3) is 4.48. The van der Waals surface area contributed by atoms with Crippen LogP contribution in [0.4, 0.5) is 0 Å². The van der Waals surface area contributed by atoms with Gasteiger partial charge >= 0.3 is 0 Å². The molecule has 1 atom stereocenters. The van der Waals surface area contributed by atoms with Gasteiger partial charge in [0, 0.05) is 25.5 Å². The lowest BCUT2D eigenvalue weighted by molar-refractivity contribution is 0.206. The van der Waals surface area contributed by atoms with Crippen LogP contribution >= 0.6 is 0 Å². The Hall–Kier alpha value is -0.870. The van der Waals surface area contributed by atoms with E-state index >= 15 is 0 Å². The van der Waals surface area contributed by atoms with Crippen molar-refractivity contribution in [2.24, 2.45) is 5.92 Å². The van der Waals surface area contributed by atoms with Crippen molar-refractivity contribution >= 4 is 0 Å². The van der Waals surface area contributed by atoms with Crippen LogP contribution in [-0.4, -0.2) is 47.9 Å². The number of likely N-dealkylation sites (tertiary alicyclic amines) is 1. The Bertz CT molecular complexity index is 296. The Labute approximate surface area is 104 Å². The molecule has 1 N–H and O–H groups in total. The van der Waals surface area contributed by atoms with Crippen LogP contribution in [0, 0.1) is 5.92 Å². The molecule has 0 aliphatic carbocycles. The molecule has 0 radical (unpaired) electrons. The second-order valence-corrected chi connectivity index (χ2v) is 5.10. The van der Waals surface area contributed by atoms with Gasteiger partial charge in [0.15, 0.2) is 0 Å². The molecule has 0 saturated carbocycles. The lowest BCUT2D eigenvalue weighted by Crippen LogP contribution is -2.37. The highest BCUT2D eigenvalue weighted by Gasteiger charge is 2.16. The second-order valence-electron chi connectivity index (χ2n) is 5.10. The van der Waals surface area contributed by atoms with Gasteiger partial charge in [-0.25, -0.2) is 0 Å². The molecule has 1 saturated heterocycles. The molecule has 4 nitrogen and oxygen atoms in total. The van der Waals surface area contributed by atoms with E-state index in [1.165, 1.54) is 32.5 Å². The summed E-state index contributed by atoms with van der Waals surface area (Å²) in [6, 6.07) is 1.98. The summed E-state index contributed by atoms with van der Waals surface area (Å²) >= 11 is 0. The average molecular weight is 236 g/mol. The number of piperidine rings is 1. The van der Waals surface area contributed by atoms with E-state index in [2.05, 4.69) is 22.4 Å². The number of nitrogens with one attached hydrogen (secondary N) is 1. The molecule has 1 unspecified atom stereocenters. The van der Waals surface area contributed by atoms with Crippen molar-refractivity contribution in [3.8, 4) is 0 Å². The van der Waals surface area contributed by atoms with Gasteiger partial charge in [0.2, 0.25) is 0 Å². The maximum absolute atomic E-state index is 4.20. The van der Waals surface area contributed by atoms with Gasteiger partial charge in [0.05, 0.1) is 0 Å². The summed E-state index contributed by atoms with van der Waals surface area (Å²) in [5.74, 6) is 0.846. The summed E-state index contributed by atoms with van der Waals surface area (Å²) in [6.45, 7) is 5.82. The molecule has 4 heteroatoms. The van der Waals surface area contributed by atoms with E-state index in [9.17, 15) is 0 Å². The van der Waals surface area contributed by atoms with Crippen LogP contribution < -0.4 is 5.32 Å². The van der Waals surface area contributed by atoms with Crippen molar-refractivity contribution in [2.75, 3.05) is 33.2 Å². The molecule has 2 rings (SSSR count). The number of nitrogens with zero attached hydrogens (tertiary/aromatic N) is 3. The minimum absolute atomic E-state index is 0.846. The molecule has 0 amide bonds. The summed E-state index contributed by atoms with van der Waals surface area (Å²) in [4.78, 5) is 2.44. The van der Waals surface area contributed by atoms with Gasteiger partial charge in [-0.1, -0.05) is 0 Å². The maximum Gasteiger partial charge on any atom is 0.0489 e. The molecular weight excluding hydrogens is 212 g/mol. The fourth-order valence-corrected chi connectivity index (χ4v) is 2.54. The Morgan fingerprint density at radius 3 is 3.18 bits per heavy atom. The van der Waals surface area contributed by atoms with Crippen LogP contribution in [0.3, 0.4) is 0 Å². The minimum Gasteiger partial charge on any atom is -0.316 e. The van der Waals surface area contributed by atoms with Gasteiger partial charge in [-0.05, 0) is 57.9 Å². The van der Waals surface area contributed by atoms with Gasteiger partial charge in [-0.2, -0.15) is 5.10 Å². The first-order valence-electron chi connectivity index (χ1n) is 6.71. The summed E-state index contributed by atoms with van der Waals surface area (Å²) in [6.07, 6.45) is 7.76. The molecule has 2 heterocycles. The van der Waals surface area contributed by atoms with Crippen molar-refractivity contribution in [2.45, 2.75) is 25.8 Å². The van der Waals surface area contributed by atoms with Crippen LogP contribution in [0.2, 0.25) is 0 Å². The van der Waals surface area contributed by atoms with E-state index in [-0.39, 0.29) is 0 Å². The van der Waals surface area contributed by atoms with Gasteiger partial charge < -0.3 is 10.2 Å². The Morgan fingerprint density at radius 2 is 2.41 bits per heavy atom. The largest absolute Gasteiger partial charge is 0.316 e. The molecule has 1 aromatic rings. The summed E-state index contributed by atoms with van der Waals surface area (Å²) in [5.41, 5.74) is 0. The zero-order valence-electron chi connectivity index (χ0n) is 10.8. The van der Waals surface area contributed by atoms with E-state index in [1.807, 2.05) is 23.1 Å². The van der Waals surface area contributed by atoms with E-state index in [1.54, 1.807) is 0 Å². The quantitative estimate of drug-likeness (QED) is 0.754. The smallest absolute Gasteiger partial charge is 0.0489 e. The first-order valence-corrected chi connectivity index (χ1v) is 6.71. The average Bonchev–Trinajstić information content (AvgIpc) is 2.82. The zero-order chi connectivity index (χ0) is 11.9. The number of hydrogen-bond acceptors (Lipinski definition) is 3. The van der Waals surface area contributed by atoms with Crippen LogP contribution in [0.15, 0.2) is 18.5 Å². The monoisotopic (exact) mass is 236 g/mol. The van der Waals surface area contributed by atoms with Gasteiger partial charge in [0.25, 0.3) is 0 Å². The van der Waals surface area contributed by atoms with Gasteiger partial charge in [-0.15, -0.1) is 0 Å². The highest BCUT2D eigenvalue weighted by molar-refractivity contribution is 4.77. The van der Waals surface area contributed by atoms with Crippen molar-refractivity contribution in [1.29, 1.82) is 0 Å². The Kier molecular flexibility index (Phi) is 5.01. The molecule has 1 aliphatic heterocycles.